The molecule has 0 fully saturated rings. The fourth-order valence-electron chi connectivity index (χ4n) is 3.43. The molecule has 0 spiro atoms. The van der Waals surface area contributed by atoms with Gasteiger partial charge < -0.3 is 0 Å². The van der Waals surface area contributed by atoms with Gasteiger partial charge in [-0.05, 0) is 0 Å². The Bertz CT molecular complexity index is 681. The molecular formula is C20H22O2Te2. The summed E-state index contributed by atoms with van der Waals surface area (Å²) in [4.78, 5) is 0. The van der Waals surface area contributed by atoms with Gasteiger partial charge in [-0.3, -0.25) is 0 Å². The zero-order valence-electron chi connectivity index (χ0n) is 14.1. The molecule has 2 unspecified atom stereocenters. The fourth-order valence-corrected chi connectivity index (χ4v) is 15.4. The molecule has 2 aromatic rings. The molecule has 2 aliphatic rings. The van der Waals surface area contributed by atoms with Crippen molar-refractivity contribution < 1.29 is 9.47 Å². The summed E-state index contributed by atoms with van der Waals surface area (Å²) < 4.78 is 15.1. The van der Waals surface area contributed by atoms with Crippen molar-refractivity contribution in [3.63, 3.8) is 0 Å². The van der Waals surface area contributed by atoms with E-state index in [0.717, 1.165) is 12.8 Å². The molecule has 2 aliphatic heterocycles. The minimum absolute atomic E-state index is 0.134. The fraction of sp³-hybridized carbons (Fsp3) is 0.400. The Morgan fingerprint density at radius 2 is 1.25 bits per heavy atom. The van der Waals surface area contributed by atoms with Gasteiger partial charge in [-0.2, -0.15) is 0 Å². The van der Waals surface area contributed by atoms with Crippen molar-refractivity contribution in [1.82, 2.24) is 0 Å². The Morgan fingerprint density at radius 1 is 0.792 bits per heavy atom. The van der Waals surface area contributed by atoms with E-state index in [2.05, 4.69) is 50.2 Å². The SMILES string of the molecule is Cc1cccc2c1OC(C[Te][Te]CC1Cc3cccc(C)c3O1)C2. The number of para-hydroxylation sites is 2. The van der Waals surface area contributed by atoms with Crippen LogP contribution in [0.15, 0.2) is 36.4 Å². The van der Waals surface area contributed by atoms with E-state index in [4.69, 9.17) is 9.47 Å². The van der Waals surface area contributed by atoms with Crippen LogP contribution < -0.4 is 9.47 Å². The average Bonchev–Trinajstić information content (AvgIpc) is 3.17. The third kappa shape index (κ3) is 3.59. The van der Waals surface area contributed by atoms with Crippen molar-refractivity contribution in [2.24, 2.45) is 0 Å². The predicted molar refractivity (Wildman–Crippen MR) is 99.7 cm³/mol. The molecule has 126 valence electrons. The standard InChI is InChI=1S/C20H22O2Te2/c1-13-5-3-7-15-9-17(21-19(13)15)11-23-24-12-18-10-16-8-4-6-14(2)20(16)22-18/h3-8,17-18H,9-12H2,1-2H3. The summed E-state index contributed by atoms with van der Waals surface area (Å²) in [5.74, 6) is 2.33. The summed E-state index contributed by atoms with van der Waals surface area (Å²) in [6.45, 7) is 4.31. The Morgan fingerprint density at radius 3 is 1.67 bits per heavy atom. The number of aryl methyl sites for hydroxylation is 2. The van der Waals surface area contributed by atoms with E-state index in [9.17, 15) is 0 Å². The van der Waals surface area contributed by atoms with Crippen LogP contribution in [0.2, 0.25) is 8.94 Å². The third-order valence-corrected chi connectivity index (χ3v) is 16.4. The van der Waals surface area contributed by atoms with Gasteiger partial charge in [-0.25, -0.2) is 0 Å². The van der Waals surface area contributed by atoms with E-state index in [1.54, 1.807) is 0 Å². The number of fused-ring (bicyclic) bond motifs is 2. The molecule has 2 nitrogen and oxygen atoms in total. The van der Waals surface area contributed by atoms with E-state index in [0.29, 0.717) is 12.2 Å². The molecule has 0 aliphatic carbocycles. The molecule has 2 heterocycles. The monoisotopic (exact) mass is 554 g/mol. The molecule has 24 heavy (non-hydrogen) atoms. The second-order valence-electron chi connectivity index (χ2n) is 6.58. The molecule has 0 N–H and O–H groups in total. The van der Waals surface area contributed by atoms with E-state index >= 15 is 0 Å². The molecule has 0 amide bonds. The number of hydrogen-bond donors (Lipinski definition) is 0. The Hall–Kier alpha value is -0.381. The van der Waals surface area contributed by atoms with Gasteiger partial charge in [0.05, 0.1) is 0 Å². The van der Waals surface area contributed by atoms with Gasteiger partial charge in [0.1, 0.15) is 0 Å². The molecular weight excluding hydrogens is 527 g/mol. The van der Waals surface area contributed by atoms with E-state index in [1.165, 1.54) is 42.7 Å². The zero-order valence-corrected chi connectivity index (χ0v) is 18.7. The summed E-state index contributed by atoms with van der Waals surface area (Å²) in [5, 5.41) is 0. The van der Waals surface area contributed by atoms with Crippen LogP contribution in [-0.4, -0.2) is 46.3 Å². The summed E-state index contributed by atoms with van der Waals surface area (Å²) in [6.07, 6.45) is 3.16. The van der Waals surface area contributed by atoms with Crippen LogP contribution in [0, 0.1) is 13.8 Å². The molecule has 2 atom stereocenters. The molecule has 2 aromatic carbocycles. The molecule has 0 radical (unpaired) electrons. The van der Waals surface area contributed by atoms with Crippen molar-refractivity contribution >= 4 is 34.1 Å². The first-order valence-electron chi connectivity index (χ1n) is 8.45. The topological polar surface area (TPSA) is 18.5 Å². The average molecular weight is 550 g/mol. The van der Waals surface area contributed by atoms with Gasteiger partial charge in [0, 0.05) is 0 Å². The van der Waals surface area contributed by atoms with Crippen LogP contribution in [0.25, 0.3) is 0 Å². The van der Waals surface area contributed by atoms with E-state index in [-0.39, 0.29) is 34.1 Å². The van der Waals surface area contributed by atoms with Gasteiger partial charge in [0.2, 0.25) is 0 Å². The Labute approximate surface area is 160 Å². The second kappa shape index (κ2) is 7.47. The van der Waals surface area contributed by atoms with Crippen molar-refractivity contribution in [1.29, 1.82) is 0 Å². The van der Waals surface area contributed by atoms with Crippen molar-refractivity contribution in [2.45, 2.75) is 47.8 Å². The summed E-state index contributed by atoms with van der Waals surface area (Å²) >= 11 is 0.267. The maximum absolute atomic E-state index is 6.20. The van der Waals surface area contributed by atoms with Crippen molar-refractivity contribution in [3.05, 3.63) is 58.7 Å². The molecule has 0 saturated carbocycles. The number of rotatable bonds is 5. The van der Waals surface area contributed by atoms with Crippen LogP contribution >= 0.6 is 0 Å². The summed E-state index contributed by atoms with van der Waals surface area (Å²) in [7, 11) is 0. The Kier molecular flexibility index (Phi) is 5.31. The van der Waals surface area contributed by atoms with Crippen LogP contribution in [-0.2, 0) is 12.8 Å². The predicted octanol–water partition coefficient (Wildman–Crippen LogP) is 3.77. The maximum atomic E-state index is 6.20. The van der Waals surface area contributed by atoms with E-state index in [1.807, 2.05) is 0 Å². The van der Waals surface area contributed by atoms with Crippen molar-refractivity contribution in [3.8, 4) is 11.5 Å². The van der Waals surface area contributed by atoms with Crippen LogP contribution in [0.3, 0.4) is 0 Å². The first-order valence-corrected chi connectivity index (χ1v) is 19.1. The number of ether oxygens (including phenoxy) is 2. The van der Waals surface area contributed by atoms with Crippen molar-refractivity contribution in [2.75, 3.05) is 0 Å². The van der Waals surface area contributed by atoms with Crippen LogP contribution in [0.1, 0.15) is 22.3 Å². The second-order valence-corrected chi connectivity index (χ2v) is 18.9. The first-order chi connectivity index (χ1) is 11.7. The zero-order chi connectivity index (χ0) is 16.5. The molecule has 0 saturated heterocycles. The normalized spacial score (nSPS) is 21.1. The Balaban J connectivity index is 1.22. The number of benzene rings is 2. The molecule has 0 aromatic heterocycles. The molecule has 4 rings (SSSR count). The summed E-state index contributed by atoms with van der Waals surface area (Å²) in [5.41, 5.74) is 5.41. The third-order valence-electron chi connectivity index (χ3n) is 4.64. The van der Waals surface area contributed by atoms with Gasteiger partial charge >= 0.3 is 162 Å². The van der Waals surface area contributed by atoms with E-state index < -0.39 is 0 Å². The minimum atomic E-state index is 0.134. The quantitative estimate of drug-likeness (QED) is 0.418. The summed E-state index contributed by atoms with van der Waals surface area (Å²) in [6, 6.07) is 13.1. The van der Waals surface area contributed by atoms with Gasteiger partial charge in [0.25, 0.3) is 0 Å². The molecule has 0 bridgehead atoms. The van der Waals surface area contributed by atoms with Gasteiger partial charge in [-0.15, -0.1) is 0 Å². The van der Waals surface area contributed by atoms with Crippen LogP contribution in [0.4, 0.5) is 0 Å². The van der Waals surface area contributed by atoms with Gasteiger partial charge in [-0.1, -0.05) is 0 Å². The van der Waals surface area contributed by atoms with Crippen LogP contribution in [0.5, 0.6) is 11.5 Å². The van der Waals surface area contributed by atoms with Gasteiger partial charge in [0.15, 0.2) is 0 Å². The molecule has 4 heteroatoms. The first kappa shape index (κ1) is 17.1. The number of hydrogen-bond acceptors (Lipinski definition) is 2.